The Morgan fingerprint density at radius 1 is 1.24 bits per heavy atom. The highest BCUT2D eigenvalue weighted by Gasteiger charge is 2.41. The van der Waals surface area contributed by atoms with Crippen molar-refractivity contribution in [2.24, 2.45) is 11.3 Å². The number of hydrogen-bond donors (Lipinski definition) is 2. The molecular weight excluding hydrogens is 416 g/mol. The molecule has 0 aliphatic carbocycles. The summed E-state index contributed by atoms with van der Waals surface area (Å²) in [6.07, 6.45) is 3.76. The lowest BCUT2D eigenvalue weighted by atomic mass is 9.78. The number of alkyl carbamates (subject to hydrolysis) is 1. The summed E-state index contributed by atoms with van der Waals surface area (Å²) in [5.41, 5.74) is 3.90. The third-order valence-corrected chi connectivity index (χ3v) is 7.62. The maximum atomic E-state index is 13.0. The topological polar surface area (TPSA) is 79.5 Å². The molecule has 7 rings (SSSR count). The number of benzene rings is 2. The molecule has 2 bridgehead atoms. The van der Waals surface area contributed by atoms with Crippen molar-refractivity contribution in [1.82, 2.24) is 20.4 Å². The SMILES string of the molecule is CC1(C)COc2cc(-c3cccc4[nH]ncc34)ccc2C1NC(=O)O[C@H]1CN2CCC1CC2. The first kappa shape index (κ1) is 20.5. The highest BCUT2D eigenvalue weighted by atomic mass is 16.6. The molecule has 3 aromatic rings. The van der Waals surface area contributed by atoms with E-state index in [0.29, 0.717) is 12.5 Å². The van der Waals surface area contributed by atoms with Crippen LogP contribution in [0.1, 0.15) is 38.3 Å². The second-order valence-electron chi connectivity index (χ2n) is 10.3. The van der Waals surface area contributed by atoms with Gasteiger partial charge in [0.25, 0.3) is 0 Å². The molecule has 0 radical (unpaired) electrons. The number of rotatable bonds is 3. The minimum Gasteiger partial charge on any atom is -0.493 e. The lowest BCUT2D eigenvalue weighted by Crippen LogP contribution is -2.53. The van der Waals surface area contributed by atoms with Crippen LogP contribution in [0.4, 0.5) is 4.79 Å². The molecule has 7 nitrogen and oxygen atoms in total. The van der Waals surface area contributed by atoms with Crippen LogP contribution >= 0.6 is 0 Å². The van der Waals surface area contributed by atoms with E-state index in [9.17, 15) is 4.79 Å². The molecule has 1 aromatic heterocycles. The van der Waals surface area contributed by atoms with Gasteiger partial charge in [-0.1, -0.05) is 38.1 Å². The van der Waals surface area contributed by atoms with Gasteiger partial charge in [-0.05, 0) is 55.1 Å². The number of hydrogen-bond acceptors (Lipinski definition) is 5. The summed E-state index contributed by atoms with van der Waals surface area (Å²) in [5, 5.41) is 11.5. The largest absolute Gasteiger partial charge is 0.493 e. The summed E-state index contributed by atoms with van der Waals surface area (Å²) in [4.78, 5) is 15.4. The summed E-state index contributed by atoms with van der Waals surface area (Å²) < 4.78 is 12.1. The maximum absolute atomic E-state index is 13.0. The number of H-pyrrole nitrogens is 1. The monoisotopic (exact) mass is 446 g/mol. The lowest BCUT2D eigenvalue weighted by molar-refractivity contribution is -0.0361. The van der Waals surface area contributed by atoms with Crippen molar-refractivity contribution in [3.05, 3.63) is 48.2 Å². The van der Waals surface area contributed by atoms with Crippen LogP contribution in [0.25, 0.3) is 22.0 Å². The summed E-state index contributed by atoms with van der Waals surface area (Å²) in [5.74, 6) is 1.30. The minimum atomic E-state index is -0.327. The van der Waals surface area contributed by atoms with E-state index < -0.39 is 0 Å². The van der Waals surface area contributed by atoms with Crippen LogP contribution in [0.2, 0.25) is 0 Å². The first-order chi connectivity index (χ1) is 16.0. The average Bonchev–Trinajstić information content (AvgIpc) is 3.31. The summed E-state index contributed by atoms with van der Waals surface area (Å²) >= 11 is 0. The van der Waals surface area contributed by atoms with Crippen LogP contribution in [0.3, 0.4) is 0 Å². The van der Waals surface area contributed by atoms with Gasteiger partial charge in [0, 0.05) is 22.9 Å². The molecule has 1 amide bonds. The predicted molar refractivity (Wildman–Crippen MR) is 126 cm³/mol. The van der Waals surface area contributed by atoms with Crippen LogP contribution in [0.15, 0.2) is 42.6 Å². The van der Waals surface area contributed by atoms with Crippen molar-refractivity contribution in [2.75, 3.05) is 26.2 Å². The number of aromatic amines is 1. The van der Waals surface area contributed by atoms with Crippen LogP contribution in [-0.2, 0) is 4.74 Å². The molecule has 0 spiro atoms. The van der Waals surface area contributed by atoms with Crippen molar-refractivity contribution in [3.63, 3.8) is 0 Å². The molecular formula is C26H30N4O3. The number of nitrogens with zero attached hydrogens (tertiary/aromatic N) is 2. The van der Waals surface area contributed by atoms with E-state index in [0.717, 1.165) is 65.8 Å². The normalized spacial score (nSPS) is 27.6. The van der Waals surface area contributed by atoms with Crippen molar-refractivity contribution < 1.29 is 14.3 Å². The van der Waals surface area contributed by atoms with Crippen LogP contribution in [0.5, 0.6) is 5.75 Å². The van der Waals surface area contributed by atoms with Gasteiger partial charge in [0.05, 0.1) is 24.4 Å². The molecule has 0 saturated carbocycles. The number of carbonyl (C=O) groups excluding carboxylic acids is 1. The summed E-state index contributed by atoms with van der Waals surface area (Å²) in [6.45, 7) is 7.87. The van der Waals surface area contributed by atoms with Gasteiger partial charge in [-0.2, -0.15) is 5.10 Å². The molecule has 2 N–H and O–H groups in total. The average molecular weight is 447 g/mol. The van der Waals surface area contributed by atoms with Gasteiger partial charge in [0.1, 0.15) is 11.9 Å². The van der Waals surface area contributed by atoms with Crippen molar-refractivity contribution in [1.29, 1.82) is 0 Å². The maximum Gasteiger partial charge on any atom is 0.407 e. The Hall–Kier alpha value is -3.06. The van der Waals surface area contributed by atoms with E-state index in [1.54, 1.807) is 0 Å². The highest BCUT2D eigenvalue weighted by molar-refractivity contribution is 5.94. The Kier molecular flexibility index (Phi) is 4.83. The molecule has 3 fully saturated rings. The third kappa shape index (κ3) is 3.64. The van der Waals surface area contributed by atoms with Crippen molar-refractivity contribution in [2.45, 2.75) is 38.8 Å². The fourth-order valence-electron chi connectivity index (χ4n) is 5.66. The second-order valence-corrected chi connectivity index (χ2v) is 10.3. The first-order valence-corrected chi connectivity index (χ1v) is 11.9. The molecule has 4 aliphatic rings. The van der Waals surface area contributed by atoms with Crippen LogP contribution in [-0.4, -0.2) is 53.5 Å². The Labute approximate surface area is 193 Å². The Morgan fingerprint density at radius 3 is 2.88 bits per heavy atom. The van der Waals surface area contributed by atoms with Gasteiger partial charge in [0.15, 0.2) is 0 Å². The van der Waals surface area contributed by atoms with E-state index in [-0.39, 0.29) is 23.7 Å². The predicted octanol–water partition coefficient (Wildman–Crippen LogP) is 4.51. The first-order valence-electron chi connectivity index (χ1n) is 11.9. The number of aromatic nitrogens is 2. The molecule has 4 aliphatic heterocycles. The molecule has 3 saturated heterocycles. The van der Waals surface area contributed by atoms with E-state index in [2.05, 4.69) is 58.5 Å². The lowest BCUT2D eigenvalue weighted by Gasteiger charge is -2.44. The number of fused-ring (bicyclic) bond motifs is 5. The number of piperidine rings is 3. The zero-order chi connectivity index (χ0) is 22.6. The van der Waals surface area contributed by atoms with Gasteiger partial charge in [-0.25, -0.2) is 4.79 Å². The van der Waals surface area contributed by atoms with Crippen LogP contribution < -0.4 is 10.1 Å². The third-order valence-electron chi connectivity index (χ3n) is 7.62. The second kappa shape index (κ2) is 7.76. The number of carbonyl (C=O) groups is 1. The highest BCUT2D eigenvalue weighted by Crippen LogP contribution is 2.44. The van der Waals surface area contributed by atoms with Gasteiger partial charge >= 0.3 is 6.09 Å². The zero-order valence-corrected chi connectivity index (χ0v) is 19.1. The smallest absolute Gasteiger partial charge is 0.407 e. The van der Waals surface area contributed by atoms with E-state index in [4.69, 9.17) is 9.47 Å². The molecule has 7 heteroatoms. The molecule has 33 heavy (non-hydrogen) atoms. The molecule has 172 valence electrons. The quantitative estimate of drug-likeness (QED) is 0.619. The van der Waals surface area contributed by atoms with Gasteiger partial charge in [-0.15, -0.1) is 0 Å². The fourth-order valence-corrected chi connectivity index (χ4v) is 5.66. The van der Waals surface area contributed by atoms with E-state index in [1.165, 1.54) is 0 Å². The van der Waals surface area contributed by atoms with Gasteiger partial charge in [-0.3, -0.25) is 10.00 Å². The standard InChI is InChI=1S/C26H30N4O3/c1-26(2)15-32-22-12-17(18-4-3-5-21-20(18)13-27-29-21)6-7-19(22)24(26)28-25(31)33-23-14-30-10-8-16(23)9-11-30/h3-7,12-13,16,23-24H,8-11,14-15H2,1-2H3,(H,27,29)(H,28,31)/t23-,24?/m0/s1. The Morgan fingerprint density at radius 2 is 2.09 bits per heavy atom. The zero-order valence-electron chi connectivity index (χ0n) is 19.1. The number of amides is 1. The fraction of sp³-hybridized carbons (Fsp3) is 0.462. The van der Waals surface area contributed by atoms with Crippen LogP contribution in [0, 0.1) is 11.3 Å². The Bertz CT molecular complexity index is 1200. The number of ether oxygens (including phenoxy) is 2. The summed E-state index contributed by atoms with van der Waals surface area (Å²) in [6, 6.07) is 12.2. The van der Waals surface area contributed by atoms with Gasteiger partial charge < -0.3 is 14.8 Å². The molecule has 2 atom stereocenters. The Balaban J connectivity index is 1.26. The number of nitrogens with one attached hydrogen (secondary N) is 2. The van der Waals surface area contributed by atoms with Gasteiger partial charge in [0.2, 0.25) is 0 Å². The molecule has 5 heterocycles. The van der Waals surface area contributed by atoms with E-state index >= 15 is 0 Å². The molecule has 2 aromatic carbocycles. The minimum absolute atomic E-state index is 0.00671. The van der Waals surface area contributed by atoms with Crippen molar-refractivity contribution in [3.8, 4) is 16.9 Å². The van der Waals surface area contributed by atoms with E-state index in [1.807, 2.05) is 18.3 Å². The van der Waals surface area contributed by atoms with Crippen molar-refractivity contribution >= 4 is 17.0 Å². The summed E-state index contributed by atoms with van der Waals surface area (Å²) in [7, 11) is 0. The molecule has 1 unspecified atom stereocenters.